The Bertz CT molecular complexity index is 674. The zero-order valence-corrected chi connectivity index (χ0v) is 12.0. The molecule has 0 unspecified atom stereocenters. The summed E-state index contributed by atoms with van der Waals surface area (Å²) in [6.07, 6.45) is 0. The maximum absolute atomic E-state index is 13.8. The van der Waals surface area contributed by atoms with Crippen LogP contribution in [0.1, 0.15) is 15.9 Å². The van der Waals surface area contributed by atoms with Crippen molar-refractivity contribution in [2.45, 2.75) is 6.54 Å². The summed E-state index contributed by atoms with van der Waals surface area (Å²) in [7, 11) is 1.50. The van der Waals surface area contributed by atoms with Crippen molar-refractivity contribution in [1.29, 1.82) is 0 Å². The first kappa shape index (κ1) is 15.3. The van der Waals surface area contributed by atoms with Gasteiger partial charge in [0.2, 0.25) is 0 Å². The van der Waals surface area contributed by atoms with E-state index in [1.54, 1.807) is 24.3 Å². The van der Waals surface area contributed by atoms with Gasteiger partial charge in [0.1, 0.15) is 5.82 Å². The smallest absolute Gasteiger partial charge is 0.257 e. The molecule has 3 nitrogen and oxygen atoms in total. The Morgan fingerprint density at radius 2 is 1.86 bits per heavy atom. The van der Waals surface area contributed by atoms with Gasteiger partial charge < -0.3 is 10.6 Å². The van der Waals surface area contributed by atoms with Crippen LogP contribution in [0.15, 0.2) is 36.4 Å². The standard InChI is InChI=1S/C15H13ClF2N2O/c1-20(8-9-2-4-10(16)5-3-9)15(21)12-6-11(17)7-13(19)14(12)18/h2-7H,8,19H2,1H3. The number of hydrogen-bond acceptors (Lipinski definition) is 2. The van der Waals surface area contributed by atoms with Crippen LogP contribution in [0.4, 0.5) is 14.5 Å². The second kappa shape index (κ2) is 6.10. The van der Waals surface area contributed by atoms with E-state index in [1.807, 2.05) is 0 Å². The fourth-order valence-electron chi connectivity index (χ4n) is 1.91. The van der Waals surface area contributed by atoms with Crippen LogP contribution in [0, 0.1) is 11.6 Å². The summed E-state index contributed by atoms with van der Waals surface area (Å²) in [5.41, 5.74) is 5.37. The largest absolute Gasteiger partial charge is 0.396 e. The van der Waals surface area contributed by atoms with Gasteiger partial charge in [0.05, 0.1) is 11.3 Å². The molecule has 0 bridgehead atoms. The lowest BCUT2D eigenvalue weighted by Crippen LogP contribution is -2.27. The third-order valence-electron chi connectivity index (χ3n) is 2.98. The lowest BCUT2D eigenvalue weighted by Gasteiger charge is -2.18. The maximum Gasteiger partial charge on any atom is 0.257 e. The van der Waals surface area contributed by atoms with Crippen molar-refractivity contribution in [1.82, 2.24) is 4.90 Å². The molecule has 0 saturated heterocycles. The van der Waals surface area contributed by atoms with Crippen molar-refractivity contribution < 1.29 is 13.6 Å². The van der Waals surface area contributed by atoms with Gasteiger partial charge in [0, 0.05) is 18.6 Å². The molecule has 0 heterocycles. The van der Waals surface area contributed by atoms with E-state index in [2.05, 4.69) is 0 Å². The van der Waals surface area contributed by atoms with Crippen molar-refractivity contribution in [3.63, 3.8) is 0 Å². The van der Waals surface area contributed by atoms with Crippen LogP contribution >= 0.6 is 11.6 Å². The summed E-state index contributed by atoms with van der Waals surface area (Å²) in [5, 5.41) is 0.580. The molecule has 0 aliphatic carbocycles. The number of nitrogen functional groups attached to an aromatic ring is 1. The molecule has 0 aliphatic rings. The van der Waals surface area contributed by atoms with Gasteiger partial charge in [-0.3, -0.25) is 4.79 Å². The highest BCUT2D eigenvalue weighted by molar-refractivity contribution is 6.30. The maximum atomic E-state index is 13.8. The summed E-state index contributed by atoms with van der Waals surface area (Å²) in [6.45, 7) is 0.242. The normalized spacial score (nSPS) is 10.5. The average molecular weight is 311 g/mol. The number of halogens is 3. The summed E-state index contributed by atoms with van der Waals surface area (Å²) in [5.74, 6) is -2.31. The van der Waals surface area contributed by atoms with E-state index in [-0.39, 0.29) is 12.1 Å². The number of nitrogens with zero attached hydrogens (tertiary/aromatic N) is 1. The number of carbonyl (C=O) groups excluding carboxylic acids is 1. The molecule has 0 radical (unpaired) electrons. The van der Waals surface area contributed by atoms with E-state index < -0.39 is 23.2 Å². The number of nitrogens with two attached hydrogens (primary N) is 1. The lowest BCUT2D eigenvalue weighted by atomic mass is 10.1. The Labute approximate surface area is 125 Å². The number of hydrogen-bond donors (Lipinski definition) is 1. The molecular weight excluding hydrogens is 298 g/mol. The quantitative estimate of drug-likeness (QED) is 0.882. The second-order valence-electron chi connectivity index (χ2n) is 4.64. The third kappa shape index (κ3) is 3.49. The highest BCUT2D eigenvalue weighted by Gasteiger charge is 2.19. The van der Waals surface area contributed by atoms with Gasteiger partial charge in [-0.2, -0.15) is 0 Å². The highest BCUT2D eigenvalue weighted by atomic mass is 35.5. The summed E-state index contributed by atoms with van der Waals surface area (Å²) in [4.78, 5) is 13.5. The van der Waals surface area contributed by atoms with Crippen LogP contribution in [0.3, 0.4) is 0 Å². The first-order chi connectivity index (χ1) is 9.88. The zero-order chi connectivity index (χ0) is 15.6. The Morgan fingerprint density at radius 3 is 2.48 bits per heavy atom. The van der Waals surface area contributed by atoms with Crippen LogP contribution in [-0.4, -0.2) is 17.9 Å². The molecular formula is C15H13ClF2N2O. The number of carbonyl (C=O) groups is 1. The monoisotopic (exact) mass is 310 g/mol. The average Bonchev–Trinajstić information content (AvgIpc) is 2.44. The first-order valence-electron chi connectivity index (χ1n) is 6.13. The summed E-state index contributed by atoms with van der Waals surface area (Å²) >= 11 is 5.78. The summed E-state index contributed by atoms with van der Waals surface area (Å²) in [6, 6.07) is 8.56. The van der Waals surface area contributed by atoms with Gasteiger partial charge in [-0.15, -0.1) is 0 Å². The molecule has 0 saturated carbocycles. The molecule has 21 heavy (non-hydrogen) atoms. The molecule has 2 aromatic rings. The van der Waals surface area contributed by atoms with Crippen molar-refractivity contribution in [2.24, 2.45) is 0 Å². The minimum atomic E-state index is -0.913. The Morgan fingerprint density at radius 1 is 1.24 bits per heavy atom. The van der Waals surface area contributed by atoms with Gasteiger partial charge in [-0.05, 0) is 29.8 Å². The minimum Gasteiger partial charge on any atom is -0.396 e. The topological polar surface area (TPSA) is 46.3 Å². The van der Waals surface area contributed by atoms with E-state index in [1.165, 1.54) is 11.9 Å². The van der Waals surface area contributed by atoms with Crippen LogP contribution in [-0.2, 0) is 6.54 Å². The van der Waals surface area contributed by atoms with Crippen molar-refractivity contribution >= 4 is 23.2 Å². The molecule has 110 valence electrons. The first-order valence-corrected chi connectivity index (χ1v) is 6.50. The lowest BCUT2D eigenvalue weighted by molar-refractivity contribution is 0.0780. The summed E-state index contributed by atoms with van der Waals surface area (Å²) < 4.78 is 27.1. The van der Waals surface area contributed by atoms with Crippen LogP contribution in [0.25, 0.3) is 0 Å². The predicted octanol–water partition coefficient (Wildman–Crippen LogP) is 3.47. The molecule has 1 amide bonds. The number of rotatable bonds is 3. The van der Waals surface area contributed by atoms with Gasteiger partial charge in [-0.25, -0.2) is 8.78 Å². The highest BCUT2D eigenvalue weighted by Crippen LogP contribution is 2.20. The van der Waals surface area contributed by atoms with Gasteiger partial charge in [-0.1, -0.05) is 23.7 Å². The Balaban J connectivity index is 2.21. The second-order valence-corrected chi connectivity index (χ2v) is 5.08. The zero-order valence-electron chi connectivity index (χ0n) is 11.2. The van der Waals surface area contributed by atoms with Gasteiger partial charge in [0.15, 0.2) is 5.82 Å². The van der Waals surface area contributed by atoms with E-state index in [0.29, 0.717) is 5.02 Å². The van der Waals surface area contributed by atoms with Crippen molar-refractivity contribution in [3.8, 4) is 0 Å². The molecule has 0 fully saturated rings. The fourth-order valence-corrected chi connectivity index (χ4v) is 2.03. The van der Waals surface area contributed by atoms with Gasteiger partial charge in [0.25, 0.3) is 5.91 Å². The van der Waals surface area contributed by atoms with E-state index in [4.69, 9.17) is 17.3 Å². The minimum absolute atomic E-state index is 0.242. The molecule has 2 rings (SSSR count). The molecule has 0 atom stereocenters. The van der Waals surface area contributed by atoms with Crippen molar-refractivity contribution in [3.05, 3.63) is 64.2 Å². The number of benzene rings is 2. The Kier molecular flexibility index (Phi) is 4.43. The van der Waals surface area contributed by atoms with Crippen LogP contribution < -0.4 is 5.73 Å². The van der Waals surface area contributed by atoms with Crippen LogP contribution in [0.2, 0.25) is 5.02 Å². The van der Waals surface area contributed by atoms with E-state index in [9.17, 15) is 13.6 Å². The molecule has 6 heteroatoms. The van der Waals surface area contributed by atoms with E-state index >= 15 is 0 Å². The van der Waals surface area contributed by atoms with Crippen molar-refractivity contribution in [2.75, 3.05) is 12.8 Å². The molecule has 0 aliphatic heterocycles. The van der Waals surface area contributed by atoms with E-state index in [0.717, 1.165) is 17.7 Å². The van der Waals surface area contributed by atoms with Gasteiger partial charge >= 0.3 is 0 Å². The fraction of sp³-hybridized carbons (Fsp3) is 0.133. The molecule has 2 aromatic carbocycles. The van der Waals surface area contributed by atoms with Crippen LogP contribution in [0.5, 0.6) is 0 Å². The number of amides is 1. The molecule has 0 spiro atoms. The Hall–Kier alpha value is -2.14. The predicted molar refractivity (Wildman–Crippen MR) is 78.0 cm³/mol. The third-order valence-corrected chi connectivity index (χ3v) is 3.23. The molecule has 0 aromatic heterocycles. The number of anilines is 1. The molecule has 2 N–H and O–H groups in total. The SMILES string of the molecule is CN(Cc1ccc(Cl)cc1)C(=O)c1cc(F)cc(N)c1F.